The molecule has 370 valence electrons. The Balaban J connectivity index is 0.000000296. The first-order valence-electron chi connectivity index (χ1n) is 28.0. The predicted molar refractivity (Wildman–Crippen MR) is 310 cm³/mol. The van der Waals surface area contributed by atoms with Crippen LogP contribution in [0.1, 0.15) is 203 Å². The van der Waals surface area contributed by atoms with Gasteiger partial charge >= 0.3 is 21.7 Å². The summed E-state index contributed by atoms with van der Waals surface area (Å²) in [6.45, 7) is 18.6. The second-order valence-electron chi connectivity index (χ2n) is 19.4. The maximum atomic E-state index is 2.47. The molecule has 0 bridgehead atoms. The Bertz CT molecular complexity index is 1970. The molecule has 0 aliphatic rings. The molecule has 0 aromatic heterocycles. The van der Waals surface area contributed by atoms with Gasteiger partial charge in [-0.05, 0) is 184 Å². The van der Waals surface area contributed by atoms with Crippen LogP contribution in [0.3, 0.4) is 0 Å². The fourth-order valence-corrected chi connectivity index (χ4v) is 15.8. The minimum atomic E-state index is -0.546. The van der Waals surface area contributed by atoms with E-state index in [4.69, 9.17) is 0 Å². The van der Waals surface area contributed by atoms with E-state index in [1.807, 2.05) is 0 Å². The molecule has 0 spiro atoms. The zero-order valence-electron chi connectivity index (χ0n) is 44.9. The first-order valence-corrected chi connectivity index (χ1v) is 30.6. The number of rotatable bonds is 30. The summed E-state index contributed by atoms with van der Waals surface area (Å²) in [6.07, 6.45) is 30.0. The summed E-state index contributed by atoms with van der Waals surface area (Å²) in [7, 11) is -1.09. The normalized spacial score (nSPS) is 11.3. The van der Waals surface area contributed by atoms with Crippen molar-refractivity contribution in [3.05, 3.63) is 166 Å². The monoisotopic (exact) mass is 995 g/mol. The molecule has 0 unspecified atom stereocenters. The van der Waals surface area contributed by atoms with Crippen molar-refractivity contribution in [2.75, 3.05) is 0 Å². The molecule has 0 amide bonds. The van der Waals surface area contributed by atoms with Gasteiger partial charge in [-0.2, -0.15) is 24.3 Å². The average Bonchev–Trinajstić information content (AvgIpc) is 4.11. The van der Waals surface area contributed by atoms with Crippen LogP contribution in [0.5, 0.6) is 0 Å². The van der Waals surface area contributed by atoms with Gasteiger partial charge in [0.25, 0.3) is 0 Å². The van der Waals surface area contributed by atoms with Gasteiger partial charge in [-0.25, -0.2) is 24.3 Å². The molecule has 0 aliphatic heterocycles. The zero-order chi connectivity index (χ0) is 48.4. The molecule has 6 aromatic rings. The Hall–Kier alpha value is -2.85. The fraction of sp³-hybridized carbons (Fsp3) is 0.485. The zero-order valence-corrected chi connectivity index (χ0v) is 48.3. The van der Waals surface area contributed by atoms with Gasteiger partial charge in [-0.15, -0.1) is 10.6 Å². The van der Waals surface area contributed by atoms with Crippen molar-refractivity contribution in [3.63, 3.8) is 0 Å². The van der Waals surface area contributed by atoms with Gasteiger partial charge in [0, 0.05) is 0 Å². The summed E-state index contributed by atoms with van der Waals surface area (Å²) < 4.78 is 0. The fourth-order valence-electron chi connectivity index (χ4n) is 10.1. The van der Waals surface area contributed by atoms with E-state index in [1.54, 1.807) is 65.7 Å². The number of benzene rings is 4. The van der Waals surface area contributed by atoms with E-state index in [-0.39, 0.29) is 21.7 Å². The Labute approximate surface area is 441 Å². The maximum Gasteiger partial charge on any atom is 2.00 e. The van der Waals surface area contributed by atoms with Gasteiger partial charge in [0.15, 0.2) is 0 Å². The van der Waals surface area contributed by atoms with Gasteiger partial charge < -0.3 is 0 Å². The number of hydrogen-bond acceptors (Lipinski definition) is 0. The van der Waals surface area contributed by atoms with Crippen LogP contribution in [0.2, 0.25) is 0 Å². The quantitative estimate of drug-likeness (QED) is 0.0240. The van der Waals surface area contributed by atoms with Gasteiger partial charge in [-0.1, -0.05) is 180 Å². The van der Waals surface area contributed by atoms with Crippen molar-refractivity contribution in [3.8, 4) is 0 Å². The molecule has 69 heavy (non-hydrogen) atoms. The van der Waals surface area contributed by atoms with Crippen molar-refractivity contribution in [2.45, 2.75) is 209 Å². The smallest absolute Gasteiger partial charge is 0.213 e. The number of aryl methyl sites for hydroxylation is 4. The van der Waals surface area contributed by atoms with Crippen molar-refractivity contribution in [1.82, 2.24) is 0 Å². The molecule has 0 saturated carbocycles. The van der Waals surface area contributed by atoms with E-state index in [2.05, 4.69) is 177 Å². The van der Waals surface area contributed by atoms with Crippen LogP contribution in [0.15, 0.2) is 121 Å². The van der Waals surface area contributed by atoms with Crippen molar-refractivity contribution < 1.29 is 21.7 Å². The van der Waals surface area contributed by atoms with E-state index in [1.165, 1.54) is 165 Å². The Morgan fingerprint density at radius 2 is 0.522 bits per heavy atom. The Kier molecular flexibility index (Phi) is 28.7. The molecule has 0 radical (unpaired) electrons. The summed E-state index contributed by atoms with van der Waals surface area (Å²) in [6, 6.07) is 47.4. The summed E-state index contributed by atoms with van der Waals surface area (Å²) in [4.78, 5) is 0. The molecule has 0 nitrogen and oxygen atoms in total. The molecule has 0 heterocycles. The molecule has 0 saturated heterocycles. The van der Waals surface area contributed by atoms with Crippen LogP contribution in [0, 0.1) is 0 Å². The molecule has 6 rings (SSSR count). The second kappa shape index (κ2) is 33.7. The second-order valence-corrected chi connectivity index (χ2v) is 23.7. The molecular formula is C66H92P2Ti. The van der Waals surface area contributed by atoms with Crippen LogP contribution < -0.4 is 31.8 Å². The maximum absolute atomic E-state index is 2.47. The van der Waals surface area contributed by atoms with Crippen LogP contribution in [-0.2, 0) is 73.1 Å². The third kappa shape index (κ3) is 17.1. The molecule has 6 aromatic carbocycles. The molecule has 0 aliphatic carbocycles. The third-order valence-electron chi connectivity index (χ3n) is 14.1. The molecule has 0 fully saturated rings. The third-order valence-corrected chi connectivity index (χ3v) is 19.3. The van der Waals surface area contributed by atoms with Gasteiger partial charge in [0.05, 0.1) is 0 Å². The molecule has 0 N–H and O–H groups in total. The summed E-state index contributed by atoms with van der Waals surface area (Å²) >= 11 is 0. The molecule has 3 heteroatoms. The topological polar surface area (TPSA) is 0 Å². The van der Waals surface area contributed by atoms with Crippen LogP contribution in [-0.4, -0.2) is 0 Å². The van der Waals surface area contributed by atoms with Crippen molar-refractivity contribution in [1.29, 1.82) is 0 Å². The summed E-state index contributed by atoms with van der Waals surface area (Å²) in [5, 5.41) is 9.51. The minimum Gasteiger partial charge on any atom is -0.213 e. The van der Waals surface area contributed by atoms with Crippen molar-refractivity contribution in [2.24, 2.45) is 0 Å². The van der Waals surface area contributed by atoms with Crippen LogP contribution in [0.4, 0.5) is 0 Å². The number of unbranched alkanes of at least 4 members (excludes halogenated alkanes) is 8. The minimum absolute atomic E-state index is 0. The summed E-state index contributed by atoms with van der Waals surface area (Å²) in [5.74, 6) is 0. The molecular weight excluding hydrogens is 903 g/mol. The van der Waals surface area contributed by atoms with Gasteiger partial charge in [0.1, 0.15) is 0 Å². The average molecular weight is 995 g/mol. The van der Waals surface area contributed by atoms with E-state index in [9.17, 15) is 0 Å². The van der Waals surface area contributed by atoms with E-state index in [0.717, 1.165) is 0 Å². The first-order chi connectivity index (χ1) is 33.5. The number of hydrogen-bond donors (Lipinski definition) is 0. The van der Waals surface area contributed by atoms with E-state index in [0.29, 0.717) is 0 Å². The largest absolute Gasteiger partial charge is 2.00 e. The Morgan fingerprint density at radius 3 is 0.725 bits per heavy atom. The SMILES string of the molecule is CCCCc1cccc(P(c2ccc[cH-]2)c2cccc(CCCC)c2CCCC)c1CCCC.CCCCc1cccc(P(c2ccc[cH-]2)c2cccc(CCCC)c2CCCC)c1CCCC.[Ti+2]. The standard InChI is InChI=1S/2C33H46P.Ti/c2*1-5-9-17-27-19-15-25-32(30(27)23-11-7-3)34(29-21-13-14-22-29)33-26-16-20-28(18-10-6-2)31(33)24-12-8-4;/h2*13-16,19-22,25-26H,5-12,17-18,23-24H2,1-4H3;/q2*-1;+2. The predicted octanol–water partition coefficient (Wildman–Crippen LogP) is 17.1. The van der Waals surface area contributed by atoms with Gasteiger partial charge in [-0.3, -0.25) is 0 Å². The molecule has 0 atom stereocenters. The summed E-state index contributed by atoms with van der Waals surface area (Å²) in [5.41, 5.74) is 13.0. The Morgan fingerprint density at radius 1 is 0.290 bits per heavy atom. The van der Waals surface area contributed by atoms with Crippen LogP contribution in [0.25, 0.3) is 0 Å². The van der Waals surface area contributed by atoms with Gasteiger partial charge in [0.2, 0.25) is 0 Å². The van der Waals surface area contributed by atoms with Crippen LogP contribution >= 0.6 is 15.8 Å². The first kappa shape index (κ1) is 58.7. The van der Waals surface area contributed by atoms with Crippen molar-refractivity contribution >= 4 is 47.7 Å². The van der Waals surface area contributed by atoms with E-state index >= 15 is 0 Å². The van der Waals surface area contributed by atoms with E-state index < -0.39 is 15.8 Å².